The van der Waals surface area contributed by atoms with Crippen molar-refractivity contribution in [2.24, 2.45) is 0 Å². The van der Waals surface area contributed by atoms with Gasteiger partial charge in [0.25, 0.3) is 5.56 Å². The van der Waals surface area contributed by atoms with Crippen molar-refractivity contribution in [2.75, 3.05) is 23.7 Å². The molecule has 0 atom stereocenters. The van der Waals surface area contributed by atoms with Crippen LogP contribution < -0.4 is 31.9 Å². The van der Waals surface area contributed by atoms with Crippen LogP contribution in [0.1, 0.15) is 38.7 Å². The summed E-state index contributed by atoms with van der Waals surface area (Å²) in [6.07, 6.45) is -2.82. The van der Waals surface area contributed by atoms with Crippen LogP contribution in [-0.2, 0) is 17.9 Å². The number of unbranched alkanes of at least 4 members (excludes halogenated alkanes) is 1. The molecule has 12 heteroatoms. The molecule has 0 aliphatic heterocycles. The van der Waals surface area contributed by atoms with Crippen LogP contribution in [0.15, 0.2) is 33.9 Å². The molecule has 0 fully saturated rings. The maximum absolute atomic E-state index is 12.6. The lowest BCUT2D eigenvalue weighted by atomic mass is 10.2. The van der Waals surface area contributed by atoms with E-state index in [1.54, 1.807) is 0 Å². The standard InChI is InChI=1S/C21H28F3N5O4/c1-3-5-11-29-18(25)17(19(31)27-20(29)32)28(10-4-2)13-16(30)26-12-14-8-6-7-9-15(14)33-21(22,23)24/h6-9H,3-5,10-13,25H2,1-2H3,(H,26,30)(H,27,31,32). The van der Waals surface area contributed by atoms with E-state index in [1.165, 1.54) is 27.7 Å². The number of carbonyl (C=O) groups excluding carboxylic acids is 1. The average molecular weight is 471 g/mol. The molecule has 0 saturated heterocycles. The lowest BCUT2D eigenvalue weighted by Crippen LogP contribution is -2.43. The predicted octanol–water partition coefficient (Wildman–Crippen LogP) is 2.35. The van der Waals surface area contributed by atoms with E-state index in [2.05, 4.69) is 15.0 Å². The summed E-state index contributed by atoms with van der Waals surface area (Å²) in [5.74, 6) is -1.00. The van der Waals surface area contributed by atoms with Crippen molar-refractivity contribution >= 4 is 17.4 Å². The molecule has 0 aliphatic rings. The fraction of sp³-hybridized carbons (Fsp3) is 0.476. The number of carbonyl (C=O) groups is 1. The Morgan fingerprint density at radius 3 is 2.55 bits per heavy atom. The van der Waals surface area contributed by atoms with Crippen LogP contribution in [-0.4, -0.2) is 34.9 Å². The zero-order chi connectivity index (χ0) is 24.6. The van der Waals surface area contributed by atoms with Gasteiger partial charge in [0.2, 0.25) is 5.91 Å². The molecule has 1 heterocycles. The fourth-order valence-electron chi connectivity index (χ4n) is 3.26. The molecule has 1 aromatic heterocycles. The summed E-state index contributed by atoms with van der Waals surface area (Å²) >= 11 is 0. The molecule has 0 saturated carbocycles. The first kappa shape index (κ1) is 25.8. The Labute approximate surface area is 188 Å². The second-order valence-electron chi connectivity index (χ2n) is 7.35. The van der Waals surface area contributed by atoms with Crippen molar-refractivity contribution in [3.8, 4) is 5.75 Å². The van der Waals surface area contributed by atoms with Crippen molar-refractivity contribution in [1.82, 2.24) is 14.9 Å². The van der Waals surface area contributed by atoms with E-state index in [4.69, 9.17) is 5.73 Å². The highest BCUT2D eigenvalue weighted by molar-refractivity contribution is 5.82. The van der Waals surface area contributed by atoms with Crippen LogP contribution >= 0.6 is 0 Å². The van der Waals surface area contributed by atoms with Gasteiger partial charge in [-0.1, -0.05) is 38.5 Å². The number of rotatable bonds is 11. The van der Waals surface area contributed by atoms with Gasteiger partial charge in [-0.15, -0.1) is 13.2 Å². The van der Waals surface area contributed by atoms with E-state index in [1.807, 2.05) is 13.8 Å². The third-order valence-electron chi connectivity index (χ3n) is 4.77. The number of anilines is 2. The summed E-state index contributed by atoms with van der Waals surface area (Å²) in [5, 5.41) is 2.53. The molecule has 4 N–H and O–H groups in total. The third kappa shape index (κ3) is 7.29. The largest absolute Gasteiger partial charge is 0.573 e. The predicted molar refractivity (Wildman–Crippen MR) is 118 cm³/mol. The molecule has 0 radical (unpaired) electrons. The second-order valence-corrected chi connectivity index (χ2v) is 7.35. The number of H-pyrrole nitrogens is 1. The molecule has 0 spiro atoms. The molecular weight excluding hydrogens is 443 g/mol. The van der Waals surface area contributed by atoms with E-state index in [0.717, 1.165) is 12.5 Å². The monoisotopic (exact) mass is 471 g/mol. The zero-order valence-electron chi connectivity index (χ0n) is 18.5. The minimum Gasteiger partial charge on any atom is -0.405 e. The van der Waals surface area contributed by atoms with Gasteiger partial charge in [0.1, 0.15) is 17.3 Å². The molecule has 1 aromatic carbocycles. The van der Waals surface area contributed by atoms with Crippen LogP contribution in [0.2, 0.25) is 0 Å². The minimum atomic E-state index is -4.86. The van der Waals surface area contributed by atoms with Gasteiger partial charge in [0, 0.05) is 25.2 Å². The van der Waals surface area contributed by atoms with Crippen molar-refractivity contribution in [1.29, 1.82) is 0 Å². The van der Waals surface area contributed by atoms with Gasteiger partial charge >= 0.3 is 12.1 Å². The van der Waals surface area contributed by atoms with E-state index >= 15 is 0 Å². The summed E-state index contributed by atoms with van der Waals surface area (Å²) < 4.78 is 43.0. The smallest absolute Gasteiger partial charge is 0.405 e. The van der Waals surface area contributed by atoms with Gasteiger partial charge < -0.3 is 20.7 Å². The quantitative estimate of drug-likeness (QED) is 0.463. The van der Waals surface area contributed by atoms with Gasteiger partial charge in [-0.2, -0.15) is 0 Å². The van der Waals surface area contributed by atoms with Gasteiger partial charge in [-0.3, -0.25) is 19.1 Å². The molecule has 2 rings (SSSR count). The topological polar surface area (TPSA) is 122 Å². The summed E-state index contributed by atoms with van der Waals surface area (Å²) in [5.41, 5.74) is 4.92. The van der Waals surface area contributed by atoms with Crippen LogP contribution in [0.3, 0.4) is 0 Å². The molecule has 9 nitrogen and oxygen atoms in total. The number of halogens is 3. The Bertz CT molecular complexity index is 1070. The lowest BCUT2D eigenvalue weighted by Gasteiger charge is -2.25. The summed E-state index contributed by atoms with van der Waals surface area (Å²) in [6, 6.07) is 5.46. The minimum absolute atomic E-state index is 0.00325. The maximum Gasteiger partial charge on any atom is 0.573 e. The van der Waals surface area contributed by atoms with E-state index in [0.29, 0.717) is 25.9 Å². The van der Waals surface area contributed by atoms with Gasteiger partial charge in [-0.25, -0.2) is 4.79 Å². The zero-order valence-corrected chi connectivity index (χ0v) is 18.5. The number of nitrogens with one attached hydrogen (secondary N) is 2. The maximum atomic E-state index is 12.6. The first-order valence-electron chi connectivity index (χ1n) is 10.5. The first-order valence-corrected chi connectivity index (χ1v) is 10.5. The summed E-state index contributed by atoms with van der Waals surface area (Å²) in [7, 11) is 0. The van der Waals surface area contributed by atoms with Gasteiger partial charge in [0.05, 0.1) is 6.54 Å². The number of benzene rings is 1. The molecule has 0 unspecified atom stereocenters. The number of alkyl halides is 3. The Morgan fingerprint density at radius 1 is 1.21 bits per heavy atom. The number of ether oxygens (including phenoxy) is 1. The van der Waals surface area contributed by atoms with Crippen molar-refractivity contribution in [3.05, 3.63) is 50.7 Å². The number of aromatic nitrogens is 2. The SMILES string of the molecule is CCCCn1c(N)c(N(CCC)CC(=O)NCc2ccccc2OC(F)(F)F)c(=O)[nH]c1=O. The Balaban J connectivity index is 2.21. The van der Waals surface area contributed by atoms with Crippen molar-refractivity contribution < 1.29 is 22.7 Å². The highest BCUT2D eigenvalue weighted by atomic mass is 19.4. The molecular formula is C21H28F3N5O4. The van der Waals surface area contributed by atoms with Crippen LogP contribution in [0.5, 0.6) is 5.75 Å². The highest BCUT2D eigenvalue weighted by Crippen LogP contribution is 2.26. The first-order chi connectivity index (χ1) is 15.6. The molecule has 0 aliphatic carbocycles. The van der Waals surface area contributed by atoms with Crippen LogP contribution in [0.25, 0.3) is 0 Å². The number of aromatic amines is 1. The summed E-state index contributed by atoms with van der Waals surface area (Å²) in [4.78, 5) is 40.9. The van der Waals surface area contributed by atoms with Crippen molar-refractivity contribution in [2.45, 2.75) is 52.6 Å². The Kier molecular flexibility index (Phi) is 8.94. The van der Waals surface area contributed by atoms with E-state index in [9.17, 15) is 27.6 Å². The van der Waals surface area contributed by atoms with Crippen LogP contribution in [0, 0.1) is 0 Å². The third-order valence-corrected chi connectivity index (χ3v) is 4.77. The average Bonchev–Trinajstić information content (AvgIpc) is 2.72. The lowest BCUT2D eigenvalue weighted by molar-refractivity contribution is -0.274. The fourth-order valence-corrected chi connectivity index (χ4v) is 3.26. The van der Waals surface area contributed by atoms with Crippen molar-refractivity contribution in [3.63, 3.8) is 0 Å². The summed E-state index contributed by atoms with van der Waals surface area (Å²) in [6.45, 7) is 3.89. The number of nitrogens with two attached hydrogens (primary N) is 1. The van der Waals surface area contributed by atoms with Crippen LogP contribution in [0.4, 0.5) is 24.7 Å². The molecule has 2 aromatic rings. The Hall–Kier alpha value is -3.44. The number of nitrogens with zero attached hydrogens (tertiary/aromatic N) is 2. The van der Waals surface area contributed by atoms with Gasteiger partial charge in [0.15, 0.2) is 0 Å². The molecule has 182 valence electrons. The molecule has 1 amide bonds. The normalized spacial score (nSPS) is 11.3. The number of amides is 1. The number of para-hydroxylation sites is 1. The Morgan fingerprint density at radius 2 is 1.91 bits per heavy atom. The number of nitrogen functional groups attached to an aromatic ring is 1. The molecule has 33 heavy (non-hydrogen) atoms. The van der Waals surface area contributed by atoms with E-state index < -0.39 is 29.3 Å². The number of hydrogen-bond acceptors (Lipinski definition) is 6. The highest BCUT2D eigenvalue weighted by Gasteiger charge is 2.32. The van der Waals surface area contributed by atoms with Gasteiger partial charge in [-0.05, 0) is 18.9 Å². The molecule has 0 bridgehead atoms. The second kappa shape index (κ2) is 11.4. The van der Waals surface area contributed by atoms with E-state index in [-0.39, 0.29) is 30.2 Å². The number of hydrogen-bond donors (Lipinski definition) is 3.